The van der Waals surface area contributed by atoms with Gasteiger partial charge in [0, 0.05) is 10.8 Å². The number of aliphatic hydroxyl groups is 2. The van der Waals surface area contributed by atoms with Gasteiger partial charge in [-0.05, 0) is 0 Å². The lowest BCUT2D eigenvalue weighted by Crippen LogP contribution is -2.32. The highest BCUT2D eigenvalue weighted by Crippen LogP contribution is 2.03. The SMILES string of the molecule is CC(CO)C(CO)[N+](=O)[O-]. The van der Waals surface area contributed by atoms with Crippen LogP contribution in [0, 0.1) is 16.0 Å². The number of hydrogen-bond acceptors (Lipinski definition) is 4. The van der Waals surface area contributed by atoms with Gasteiger partial charge in [0.25, 0.3) is 0 Å². The second-order valence-corrected chi connectivity index (χ2v) is 2.20. The van der Waals surface area contributed by atoms with Crippen molar-refractivity contribution >= 4 is 0 Å². The Balaban J connectivity index is 3.92. The molecule has 0 rings (SSSR count). The fourth-order valence-electron chi connectivity index (χ4n) is 0.576. The van der Waals surface area contributed by atoms with E-state index in [4.69, 9.17) is 10.2 Å². The molecule has 0 bridgehead atoms. The molecular formula is C5H11NO4. The number of nitro groups is 1. The first-order chi connectivity index (χ1) is 4.63. The molecule has 2 unspecified atom stereocenters. The van der Waals surface area contributed by atoms with Crippen LogP contribution >= 0.6 is 0 Å². The predicted molar refractivity (Wildman–Crippen MR) is 34.1 cm³/mol. The molecule has 10 heavy (non-hydrogen) atoms. The summed E-state index contributed by atoms with van der Waals surface area (Å²) in [4.78, 5) is 9.48. The molecule has 0 aliphatic carbocycles. The molecule has 60 valence electrons. The lowest BCUT2D eigenvalue weighted by molar-refractivity contribution is -0.535. The van der Waals surface area contributed by atoms with Gasteiger partial charge in [0.1, 0.15) is 6.61 Å². The van der Waals surface area contributed by atoms with Crippen LogP contribution in [0.3, 0.4) is 0 Å². The van der Waals surface area contributed by atoms with E-state index in [0.717, 1.165) is 0 Å². The van der Waals surface area contributed by atoms with Gasteiger partial charge in [-0.25, -0.2) is 0 Å². The molecule has 0 aromatic rings. The van der Waals surface area contributed by atoms with Crippen molar-refractivity contribution < 1.29 is 15.1 Å². The van der Waals surface area contributed by atoms with Gasteiger partial charge in [0.15, 0.2) is 0 Å². The van der Waals surface area contributed by atoms with Crippen LogP contribution in [-0.2, 0) is 0 Å². The molecule has 0 aliphatic rings. The highest BCUT2D eigenvalue weighted by molar-refractivity contribution is 4.61. The topological polar surface area (TPSA) is 83.6 Å². The predicted octanol–water partition coefficient (Wildman–Crippen LogP) is -0.748. The minimum absolute atomic E-state index is 0.272. The van der Waals surface area contributed by atoms with Crippen LogP contribution in [0.5, 0.6) is 0 Å². The van der Waals surface area contributed by atoms with Gasteiger partial charge in [-0.15, -0.1) is 0 Å². The Bertz CT molecular complexity index is 116. The molecule has 5 nitrogen and oxygen atoms in total. The Hall–Kier alpha value is -0.680. The number of nitrogens with zero attached hydrogens (tertiary/aromatic N) is 1. The van der Waals surface area contributed by atoms with Gasteiger partial charge >= 0.3 is 0 Å². The van der Waals surface area contributed by atoms with Crippen molar-refractivity contribution in [3.8, 4) is 0 Å². The number of rotatable bonds is 4. The first-order valence-corrected chi connectivity index (χ1v) is 2.98. The van der Waals surface area contributed by atoms with Crippen LogP contribution in [-0.4, -0.2) is 34.4 Å². The molecule has 0 aliphatic heterocycles. The molecule has 0 saturated carbocycles. The van der Waals surface area contributed by atoms with Gasteiger partial charge < -0.3 is 10.2 Å². The second kappa shape index (κ2) is 4.19. The Kier molecular flexibility index (Phi) is 3.90. The molecule has 2 atom stereocenters. The van der Waals surface area contributed by atoms with Crippen molar-refractivity contribution in [3.05, 3.63) is 10.1 Å². The first-order valence-electron chi connectivity index (χ1n) is 2.98. The third kappa shape index (κ3) is 2.28. The second-order valence-electron chi connectivity index (χ2n) is 2.20. The van der Waals surface area contributed by atoms with Gasteiger partial charge in [-0.1, -0.05) is 6.92 Å². The molecule has 0 spiro atoms. The summed E-state index contributed by atoms with van der Waals surface area (Å²) in [6, 6.07) is -1.04. The Morgan fingerprint density at radius 2 is 2.00 bits per heavy atom. The zero-order valence-corrected chi connectivity index (χ0v) is 5.73. The number of aliphatic hydroxyl groups excluding tert-OH is 2. The van der Waals surface area contributed by atoms with Gasteiger partial charge in [-0.3, -0.25) is 10.1 Å². The van der Waals surface area contributed by atoms with E-state index in [1.54, 1.807) is 0 Å². The van der Waals surface area contributed by atoms with E-state index in [-0.39, 0.29) is 6.61 Å². The maximum absolute atomic E-state index is 10.1. The fourth-order valence-corrected chi connectivity index (χ4v) is 0.576. The van der Waals surface area contributed by atoms with Crippen LogP contribution in [0.4, 0.5) is 0 Å². The van der Waals surface area contributed by atoms with Crippen molar-refractivity contribution in [2.75, 3.05) is 13.2 Å². The lowest BCUT2D eigenvalue weighted by atomic mass is 10.1. The summed E-state index contributed by atoms with van der Waals surface area (Å²) in [7, 11) is 0. The first kappa shape index (κ1) is 9.32. The van der Waals surface area contributed by atoms with Crippen LogP contribution in [0.25, 0.3) is 0 Å². The third-order valence-electron chi connectivity index (χ3n) is 1.40. The minimum atomic E-state index is -1.04. The molecule has 2 N–H and O–H groups in total. The summed E-state index contributed by atoms with van der Waals surface area (Å²) in [5.74, 6) is -0.486. The monoisotopic (exact) mass is 149 g/mol. The zero-order valence-electron chi connectivity index (χ0n) is 5.73. The Labute approximate surface area is 58.4 Å². The average molecular weight is 149 g/mol. The maximum Gasteiger partial charge on any atom is 0.240 e. The summed E-state index contributed by atoms with van der Waals surface area (Å²) in [6.45, 7) is 0.727. The molecule has 0 amide bonds. The van der Waals surface area contributed by atoms with Crippen molar-refractivity contribution in [1.29, 1.82) is 0 Å². The third-order valence-corrected chi connectivity index (χ3v) is 1.40. The summed E-state index contributed by atoms with van der Waals surface area (Å²) in [5, 5.41) is 27.0. The van der Waals surface area contributed by atoms with Gasteiger partial charge in [0.2, 0.25) is 6.04 Å². The van der Waals surface area contributed by atoms with E-state index in [0.29, 0.717) is 0 Å². The fraction of sp³-hybridized carbons (Fsp3) is 1.00. The van der Waals surface area contributed by atoms with E-state index in [9.17, 15) is 10.1 Å². The average Bonchev–Trinajstić information content (AvgIpc) is 1.88. The summed E-state index contributed by atoms with van der Waals surface area (Å²) >= 11 is 0. The van der Waals surface area contributed by atoms with Crippen LogP contribution in [0.15, 0.2) is 0 Å². The normalized spacial score (nSPS) is 16.3. The highest BCUT2D eigenvalue weighted by Gasteiger charge is 2.25. The van der Waals surface area contributed by atoms with E-state index >= 15 is 0 Å². The molecule has 0 radical (unpaired) electrons. The highest BCUT2D eigenvalue weighted by atomic mass is 16.6. The maximum atomic E-state index is 10.1. The molecule has 5 heteroatoms. The van der Waals surface area contributed by atoms with Crippen LogP contribution in [0.2, 0.25) is 0 Å². The van der Waals surface area contributed by atoms with E-state index < -0.39 is 23.5 Å². The van der Waals surface area contributed by atoms with Gasteiger partial charge in [-0.2, -0.15) is 0 Å². The lowest BCUT2D eigenvalue weighted by Gasteiger charge is -2.10. The molecule has 0 saturated heterocycles. The van der Waals surface area contributed by atoms with E-state index in [1.807, 2.05) is 0 Å². The van der Waals surface area contributed by atoms with Crippen molar-refractivity contribution in [2.24, 2.45) is 5.92 Å². The zero-order chi connectivity index (χ0) is 8.15. The van der Waals surface area contributed by atoms with Gasteiger partial charge in [0.05, 0.1) is 6.61 Å². The number of hydrogen-bond donors (Lipinski definition) is 2. The van der Waals surface area contributed by atoms with E-state index in [1.165, 1.54) is 6.92 Å². The summed E-state index contributed by atoms with van der Waals surface area (Å²) < 4.78 is 0. The molecule has 0 aromatic heterocycles. The van der Waals surface area contributed by atoms with E-state index in [2.05, 4.69) is 0 Å². The Morgan fingerprint density at radius 1 is 1.50 bits per heavy atom. The summed E-state index contributed by atoms with van der Waals surface area (Å²) in [5.41, 5.74) is 0. The standard InChI is InChI=1S/C5H11NO4/c1-4(2-7)5(3-8)6(9)10/h4-5,7-8H,2-3H2,1H3. The minimum Gasteiger partial charge on any atom is -0.396 e. The van der Waals surface area contributed by atoms with Crippen molar-refractivity contribution in [1.82, 2.24) is 0 Å². The molecule has 0 fully saturated rings. The molecular weight excluding hydrogens is 138 g/mol. The van der Waals surface area contributed by atoms with Crippen LogP contribution in [0.1, 0.15) is 6.92 Å². The smallest absolute Gasteiger partial charge is 0.240 e. The molecule has 0 aromatic carbocycles. The molecule has 0 heterocycles. The Morgan fingerprint density at radius 3 is 2.10 bits per heavy atom. The van der Waals surface area contributed by atoms with Crippen molar-refractivity contribution in [2.45, 2.75) is 13.0 Å². The summed E-state index contributed by atoms with van der Waals surface area (Å²) in [6.07, 6.45) is 0. The largest absolute Gasteiger partial charge is 0.396 e. The quantitative estimate of drug-likeness (QED) is 0.407. The van der Waals surface area contributed by atoms with Crippen molar-refractivity contribution in [3.63, 3.8) is 0 Å². The van der Waals surface area contributed by atoms with Crippen LogP contribution < -0.4 is 0 Å².